The van der Waals surface area contributed by atoms with Crippen LogP contribution in [0.5, 0.6) is 0 Å². The van der Waals surface area contributed by atoms with Crippen molar-refractivity contribution in [3.8, 4) is 23.1 Å². The van der Waals surface area contributed by atoms with Gasteiger partial charge in [-0.3, -0.25) is 9.67 Å². The molecule has 0 N–H and O–H groups in total. The highest BCUT2D eigenvalue weighted by molar-refractivity contribution is 5.82. The molecule has 0 fully saturated rings. The third-order valence-corrected chi connectivity index (χ3v) is 5.61. The van der Waals surface area contributed by atoms with Gasteiger partial charge in [-0.25, -0.2) is 14.6 Å². The molecule has 8 nitrogen and oxygen atoms in total. The largest absolute Gasteiger partial charge is 0.267 e. The second-order valence-electron chi connectivity index (χ2n) is 7.67. The highest BCUT2D eigenvalue weighted by Gasteiger charge is 2.16. The summed E-state index contributed by atoms with van der Waals surface area (Å²) in [7, 11) is 1.93. The average molecular weight is 420 g/mol. The Labute approximate surface area is 184 Å². The SMILES string of the molecule is Cc1c(Cc2cc(-n3nc(C)c4ccncc43)ncn2)nn(C)c1-c1ccc(C#N)cc1. The molecule has 0 amide bonds. The summed E-state index contributed by atoms with van der Waals surface area (Å²) in [4.78, 5) is 13.1. The predicted molar refractivity (Wildman–Crippen MR) is 120 cm³/mol. The van der Waals surface area contributed by atoms with Crippen molar-refractivity contribution in [1.29, 1.82) is 5.26 Å². The number of benzene rings is 1. The molecule has 156 valence electrons. The molecule has 4 aromatic heterocycles. The summed E-state index contributed by atoms with van der Waals surface area (Å²) in [5, 5.41) is 19.5. The molecule has 4 heterocycles. The van der Waals surface area contributed by atoms with Gasteiger partial charge in [0.1, 0.15) is 6.33 Å². The minimum Gasteiger partial charge on any atom is -0.267 e. The fourth-order valence-electron chi connectivity index (χ4n) is 4.02. The number of hydrogen-bond donors (Lipinski definition) is 0. The highest BCUT2D eigenvalue weighted by atomic mass is 15.3. The van der Waals surface area contributed by atoms with E-state index in [4.69, 9.17) is 10.4 Å². The van der Waals surface area contributed by atoms with Gasteiger partial charge < -0.3 is 0 Å². The number of nitriles is 1. The Morgan fingerprint density at radius 3 is 2.62 bits per heavy atom. The molecule has 0 radical (unpaired) electrons. The second-order valence-corrected chi connectivity index (χ2v) is 7.67. The van der Waals surface area contributed by atoms with Crippen LogP contribution in [0.15, 0.2) is 55.1 Å². The fraction of sp³-hybridized carbons (Fsp3) is 0.167. The Morgan fingerprint density at radius 2 is 1.84 bits per heavy atom. The van der Waals surface area contributed by atoms with E-state index in [0.29, 0.717) is 17.8 Å². The van der Waals surface area contributed by atoms with Gasteiger partial charge >= 0.3 is 0 Å². The third kappa shape index (κ3) is 3.30. The Hall–Kier alpha value is -4.38. The number of aromatic nitrogens is 7. The van der Waals surface area contributed by atoms with Gasteiger partial charge in [0.15, 0.2) is 5.82 Å². The maximum Gasteiger partial charge on any atom is 0.157 e. The first-order chi connectivity index (χ1) is 15.5. The van der Waals surface area contributed by atoms with Crippen molar-refractivity contribution < 1.29 is 0 Å². The van der Waals surface area contributed by atoms with Crippen LogP contribution in [0.3, 0.4) is 0 Å². The van der Waals surface area contributed by atoms with E-state index in [2.05, 4.69) is 33.0 Å². The normalized spacial score (nSPS) is 11.1. The van der Waals surface area contributed by atoms with E-state index in [1.165, 1.54) is 0 Å². The van der Waals surface area contributed by atoms with Crippen molar-refractivity contribution in [2.24, 2.45) is 7.05 Å². The summed E-state index contributed by atoms with van der Waals surface area (Å²) >= 11 is 0. The molecule has 0 aliphatic carbocycles. The molecule has 5 rings (SSSR count). The first-order valence-corrected chi connectivity index (χ1v) is 10.2. The van der Waals surface area contributed by atoms with Gasteiger partial charge in [-0.1, -0.05) is 12.1 Å². The lowest BCUT2D eigenvalue weighted by Crippen LogP contribution is -2.04. The van der Waals surface area contributed by atoms with Gasteiger partial charge in [0.25, 0.3) is 0 Å². The topological polar surface area (TPSA) is 98.1 Å². The zero-order chi connectivity index (χ0) is 22.2. The number of fused-ring (bicyclic) bond motifs is 1. The van der Waals surface area contributed by atoms with E-state index < -0.39 is 0 Å². The minimum atomic E-state index is 0.571. The molecule has 0 unspecified atom stereocenters. The van der Waals surface area contributed by atoms with Gasteiger partial charge in [0, 0.05) is 36.7 Å². The molecule has 32 heavy (non-hydrogen) atoms. The molecule has 0 saturated carbocycles. The van der Waals surface area contributed by atoms with Crippen LogP contribution in [0.2, 0.25) is 0 Å². The monoisotopic (exact) mass is 420 g/mol. The summed E-state index contributed by atoms with van der Waals surface area (Å²) < 4.78 is 3.68. The summed E-state index contributed by atoms with van der Waals surface area (Å²) in [5.41, 5.74) is 7.41. The molecule has 0 bridgehead atoms. The number of pyridine rings is 1. The predicted octanol–water partition coefficient (Wildman–Crippen LogP) is 3.69. The van der Waals surface area contributed by atoms with Crippen molar-refractivity contribution in [2.45, 2.75) is 20.3 Å². The van der Waals surface area contributed by atoms with Gasteiger partial charge in [-0.2, -0.15) is 15.5 Å². The van der Waals surface area contributed by atoms with Gasteiger partial charge in [0.05, 0.1) is 46.1 Å². The molecule has 8 heteroatoms. The van der Waals surface area contributed by atoms with E-state index in [-0.39, 0.29) is 0 Å². The second kappa shape index (κ2) is 7.71. The summed E-state index contributed by atoms with van der Waals surface area (Å²) in [5.74, 6) is 0.696. The van der Waals surface area contributed by atoms with Crippen molar-refractivity contribution in [1.82, 2.24) is 34.5 Å². The van der Waals surface area contributed by atoms with Crippen LogP contribution in [-0.2, 0) is 13.5 Å². The lowest BCUT2D eigenvalue weighted by Gasteiger charge is -2.05. The Kier molecular flexibility index (Phi) is 4.71. The van der Waals surface area contributed by atoms with Crippen molar-refractivity contribution >= 4 is 10.9 Å². The molecular weight excluding hydrogens is 400 g/mol. The smallest absolute Gasteiger partial charge is 0.157 e. The lowest BCUT2D eigenvalue weighted by atomic mass is 10.0. The number of aryl methyl sites for hydroxylation is 2. The number of hydrogen-bond acceptors (Lipinski definition) is 6. The third-order valence-electron chi connectivity index (χ3n) is 5.61. The maximum atomic E-state index is 9.05. The van der Waals surface area contributed by atoms with Crippen LogP contribution < -0.4 is 0 Å². The van der Waals surface area contributed by atoms with Crippen molar-refractivity contribution in [3.63, 3.8) is 0 Å². The zero-order valence-corrected chi connectivity index (χ0v) is 18.0. The van der Waals surface area contributed by atoms with Crippen LogP contribution in [0.4, 0.5) is 0 Å². The Balaban J connectivity index is 1.50. The highest BCUT2D eigenvalue weighted by Crippen LogP contribution is 2.27. The molecule has 1 aromatic carbocycles. The summed E-state index contributed by atoms with van der Waals surface area (Å²) in [6.45, 7) is 4.04. The minimum absolute atomic E-state index is 0.571. The first kappa shape index (κ1) is 19.6. The fourth-order valence-corrected chi connectivity index (χ4v) is 4.02. The van der Waals surface area contributed by atoms with E-state index in [1.54, 1.807) is 23.4 Å². The quantitative estimate of drug-likeness (QED) is 0.440. The Bertz CT molecular complexity index is 1490. The van der Waals surface area contributed by atoms with Crippen molar-refractivity contribution in [3.05, 3.63) is 83.3 Å². The lowest BCUT2D eigenvalue weighted by molar-refractivity contribution is 0.752. The van der Waals surface area contributed by atoms with Gasteiger partial charge in [0.2, 0.25) is 0 Å². The van der Waals surface area contributed by atoms with Crippen LogP contribution >= 0.6 is 0 Å². The average Bonchev–Trinajstić information content (AvgIpc) is 3.30. The van der Waals surface area contributed by atoms with Gasteiger partial charge in [-0.15, -0.1) is 0 Å². The molecule has 0 spiro atoms. The standard InChI is InChI=1S/C24H20N8/c1-15-21(30-31(3)24(15)18-6-4-17(12-25)5-7-18)10-19-11-23(28-14-27-19)32-22-13-26-9-8-20(22)16(2)29-32/h4-9,11,13-14H,10H2,1-3H3. The van der Waals surface area contributed by atoms with Crippen molar-refractivity contribution in [2.75, 3.05) is 0 Å². The van der Waals surface area contributed by atoms with Gasteiger partial charge in [-0.05, 0) is 37.6 Å². The molecule has 0 aliphatic heterocycles. The van der Waals surface area contributed by atoms with Crippen LogP contribution in [-0.4, -0.2) is 34.5 Å². The number of nitrogens with zero attached hydrogens (tertiary/aromatic N) is 8. The molecule has 5 aromatic rings. The van der Waals surface area contributed by atoms with E-state index in [1.807, 2.05) is 55.1 Å². The summed E-state index contributed by atoms with van der Waals surface area (Å²) in [6.07, 6.45) is 5.69. The van der Waals surface area contributed by atoms with Crippen LogP contribution in [0, 0.1) is 25.2 Å². The molecular formula is C24H20N8. The first-order valence-electron chi connectivity index (χ1n) is 10.2. The van der Waals surface area contributed by atoms with Crippen LogP contribution in [0.25, 0.3) is 28.0 Å². The van der Waals surface area contributed by atoms with E-state index in [9.17, 15) is 0 Å². The molecule has 0 aliphatic rings. The van der Waals surface area contributed by atoms with E-state index in [0.717, 1.165) is 44.8 Å². The maximum absolute atomic E-state index is 9.05. The van der Waals surface area contributed by atoms with E-state index >= 15 is 0 Å². The molecule has 0 saturated heterocycles. The van der Waals surface area contributed by atoms with Crippen LogP contribution in [0.1, 0.15) is 28.2 Å². The molecule has 0 atom stereocenters. The number of rotatable bonds is 4. The Morgan fingerprint density at radius 1 is 1.03 bits per heavy atom. The zero-order valence-electron chi connectivity index (χ0n) is 18.0. The summed E-state index contributed by atoms with van der Waals surface area (Å²) in [6, 6.07) is 13.6.